The van der Waals surface area contributed by atoms with Gasteiger partial charge in [-0.15, -0.1) is 0 Å². The zero-order valence-electron chi connectivity index (χ0n) is 11.3. The normalized spacial score (nSPS) is 20.6. The van der Waals surface area contributed by atoms with Crippen LogP contribution >= 0.6 is 0 Å². The second-order valence-electron chi connectivity index (χ2n) is 4.79. The third kappa shape index (κ3) is 2.94. The van der Waals surface area contributed by atoms with Gasteiger partial charge in [0.1, 0.15) is 0 Å². The molecule has 20 heavy (non-hydrogen) atoms. The Labute approximate surface area is 118 Å². The van der Waals surface area contributed by atoms with E-state index in [9.17, 15) is 13.2 Å². The monoisotopic (exact) mass is 298 g/mol. The highest BCUT2D eigenvalue weighted by atomic mass is 32.2. The van der Waals surface area contributed by atoms with Crippen molar-refractivity contribution in [2.24, 2.45) is 5.92 Å². The highest BCUT2D eigenvalue weighted by molar-refractivity contribution is 7.89. The quantitative estimate of drug-likeness (QED) is 0.660. The van der Waals surface area contributed by atoms with Crippen LogP contribution in [-0.2, 0) is 19.6 Å². The number of sulfonamides is 1. The number of anilines is 1. The van der Waals surface area contributed by atoms with Gasteiger partial charge < -0.3 is 10.5 Å². The Morgan fingerprint density at radius 2 is 2.00 bits per heavy atom. The predicted molar refractivity (Wildman–Crippen MR) is 74.4 cm³/mol. The zero-order valence-corrected chi connectivity index (χ0v) is 12.1. The van der Waals surface area contributed by atoms with E-state index in [1.807, 2.05) is 0 Å². The number of hydrogen-bond acceptors (Lipinski definition) is 5. The number of carbonyl (C=O) groups excluding carboxylic acids is 1. The van der Waals surface area contributed by atoms with Gasteiger partial charge in [0.25, 0.3) is 0 Å². The highest BCUT2D eigenvalue weighted by Crippen LogP contribution is 2.24. The summed E-state index contributed by atoms with van der Waals surface area (Å²) in [5, 5.41) is 0. The van der Waals surface area contributed by atoms with E-state index in [4.69, 9.17) is 10.5 Å². The van der Waals surface area contributed by atoms with Crippen molar-refractivity contribution in [2.45, 2.75) is 17.7 Å². The molecule has 0 amide bonds. The maximum absolute atomic E-state index is 12.5. The van der Waals surface area contributed by atoms with Crippen molar-refractivity contribution in [1.29, 1.82) is 0 Å². The number of esters is 1. The molecule has 1 unspecified atom stereocenters. The average molecular weight is 298 g/mol. The summed E-state index contributed by atoms with van der Waals surface area (Å²) in [6.45, 7) is 0.583. The number of nitrogens with two attached hydrogens (primary N) is 1. The van der Waals surface area contributed by atoms with Crippen LogP contribution in [0.1, 0.15) is 12.8 Å². The van der Waals surface area contributed by atoms with Crippen molar-refractivity contribution in [3.8, 4) is 0 Å². The summed E-state index contributed by atoms with van der Waals surface area (Å²) in [6, 6.07) is 6.06. The van der Waals surface area contributed by atoms with Gasteiger partial charge in [-0.3, -0.25) is 4.79 Å². The molecule has 0 saturated carbocycles. The number of benzene rings is 1. The van der Waals surface area contributed by atoms with E-state index in [-0.39, 0.29) is 17.4 Å². The lowest BCUT2D eigenvalue weighted by molar-refractivity contribution is -0.146. The molecule has 2 N–H and O–H groups in total. The van der Waals surface area contributed by atoms with Crippen molar-refractivity contribution >= 4 is 21.7 Å². The van der Waals surface area contributed by atoms with Gasteiger partial charge in [-0.05, 0) is 37.1 Å². The van der Waals surface area contributed by atoms with Gasteiger partial charge in [0.05, 0.1) is 17.9 Å². The van der Waals surface area contributed by atoms with Gasteiger partial charge >= 0.3 is 5.97 Å². The minimum atomic E-state index is -3.58. The summed E-state index contributed by atoms with van der Waals surface area (Å²) in [5.41, 5.74) is 6.07. The predicted octanol–water partition coefficient (Wildman–Crippen LogP) is 0.842. The number of nitrogen functional groups attached to an aromatic ring is 1. The molecule has 1 aliphatic heterocycles. The molecule has 1 saturated heterocycles. The molecule has 1 aliphatic rings. The third-order valence-corrected chi connectivity index (χ3v) is 5.32. The fourth-order valence-corrected chi connectivity index (χ4v) is 3.83. The molecule has 0 spiro atoms. The van der Waals surface area contributed by atoms with E-state index in [1.54, 1.807) is 12.1 Å². The number of piperidine rings is 1. The topological polar surface area (TPSA) is 89.7 Å². The lowest BCUT2D eigenvalue weighted by Crippen LogP contribution is -2.42. The fourth-order valence-electron chi connectivity index (χ4n) is 2.31. The number of nitrogens with zero attached hydrogens (tertiary/aromatic N) is 1. The Kier molecular flexibility index (Phi) is 4.29. The summed E-state index contributed by atoms with van der Waals surface area (Å²) < 4.78 is 31.0. The lowest BCUT2D eigenvalue weighted by atomic mass is 10.0. The van der Waals surface area contributed by atoms with E-state index < -0.39 is 15.9 Å². The van der Waals surface area contributed by atoms with Crippen LogP contribution in [0.25, 0.3) is 0 Å². The Balaban J connectivity index is 2.21. The number of hydrogen-bond donors (Lipinski definition) is 1. The summed E-state index contributed by atoms with van der Waals surface area (Å²) in [7, 11) is -2.27. The van der Waals surface area contributed by atoms with Crippen LogP contribution in [-0.4, -0.2) is 38.9 Å². The molecule has 0 aromatic heterocycles. The molecule has 0 radical (unpaired) electrons. The second kappa shape index (κ2) is 5.80. The minimum Gasteiger partial charge on any atom is -0.469 e. The van der Waals surface area contributed by atoms with Gasteiger partial charge in [0.2, 0.25) is 10.0 Å². The van der Waals surface area contributed by atoms with Gasteiger partial charge in [-0.1, -0.05) is 0 Å². The summed E-state index contributed by atoms with van der Waals surface area (Å²) >= 11 is 0. The largest absolute Gasteiger partial charge is 0.469 e. The Hall–Kier alpha value is -1.60. The molecule has 0 aliphatic carbocycles. The van der Waals surface area contributed by atoms with Crippen LogP contribution in [0.5, 0.6) is 0 Å². The number of ether oxygens (including phenoxy) is 1. The lowest BCUT2D eigenvalue weighted by Gasteiger charge is -2.30. The SMILES string of the molecule is COC(=O)C1CCCN(S(=O)(=O)c2ccc(N)cc2)C1. The summed E-state index contributed by atoms with van der Waals surface area (Å²) in [4.78, 5) is 11.8. The van der Waals surface area contributed by atoms with Crippen LogP contribution < -0.4 is 5.73 Å². The Morgan fingerprint density at radius 3 is 2.60 bits per heavy atom. The molecule has 0 bridgehead atoms. The zero-order chi connectivity index (χ0) is 14.8. The molecule has 7 heteroatoms. The first-order chi connectivity index (χ1) is 9.45. The molecule has 110 valence electrons. The third-order valence-electron chi connectivity index (χ3n) is 3.44. The van der Waals surface area contributed by atoms with Crippen molar-refractivity contribution in [1.82, 2.24) is 4.31 Å². The maximum Gasteiger partial charge on any atom is 0.309 e. The van der Waals surface area contributed by atoms with Crippen LogP contribution in [0.4, 0.5) is 5.69 Å². The standard InChI is InChI=1S/C13H18N2O4S/c1-19-13(16)10-3-2-8-15(9-10)20(17,18)12-6-4-11(14)5-7-12/h4-7,10H,2-3,8-9,14H2,1H3. The maximum atomic E-state index is 12.5. The van der Waals surface area contributed by atoms with E-state index >= 15 is 0 Å². The van der Waals surface area contributed by atoms with Crippen molar-refractivity contribution < 1.29 is 17.9 Å². The molecule has 1 atom stereocenters. The van der Waals surface area contributed by atoms with Gasteiger partial charge in [-0.25, -0.2) is 8.42 Å². The number of rotatable bonds is 3. The molecule has 1 heterocycles. The second-order valence-corrected chi connectivity index (χ2v) is 6.73. The number of carbonyl (C=O) groups is 1. The van der Waals surface area contributed by atoms with Crippen molar-refractivity contribution in [3.63, 3.8) is 0 Å². The van der Waals surface area contributed by atoms with Crippen molar-refractivity contribution in [2.75, 3.05) is 25.9 Å². The van der Waals surface area contributed by atoms with E-state index in [0.717, 1.165) is 0 Å². The number of methoxy groups -OCH3 is 1. The average Bonchev–Trinajstić information content (AvgIpc) is 2.47. The first kappa shape index (κ1) is 14.8. The van der Waals surface area contributed by atoms with Gasteiger partial charge in [0.15, 0.2) is 0 Å². The molecule has 6 nitrogen and oxygen atoms in total. The fraction of sp³-hybridized carbons (Fsp3) is 0.462. The van der Waals surface area contributed by atoms with Crippen LogP contribution in [0.3, 0.4) is 0 Å². The highest BCUT2D eigenvalue weighted by Gasteiger charge is 2.33. The molecular formula is C13H18N2O4S. The van der Waals surface area contributed by atoms with Gasteiger partial charge in [-0.2, -0.15) is 4.31 Å². The van der Waals surface area contributed by atoms with E-state index in [1.165, 1.54) is 23.5 Å². The van der Waals surface area contributed by atoms with Gasteiger partial charge in [0, 0.05) is 18.8 Å². The molecule has 1 aromatic carbocycles. The molecule has 2 rings (SSSR count). The Morgan fingerprint density at radius 1 is 1.35 bits per heavy atom. The van der Waals surface area contributed by atoms with Crippen LogP contribution in [0.15, 0.2) is 29.2 Å². The minimum absolute atomic E-state index is 0.166. The van der Waals surface area contributed by atoms with E-state index in [2.05, 4.69) is 0 Å². The molecular weight excluding hydrogens is 280 g/mol. The van der Waals surface area contributed by atoms with E-state index in [0.29, 0.717) is 25.1 Å². The van der Waals surface area contributed by atoms with Crippen molar-refractivity contribution in [3.05, 3.63) is 24.3 Å². The molecule has 1 fully saturated rings. The van der Waals surface area contributed by atoms with Crippen LogP contribution in [0.2, 0.25) is 0 Å². The smallest absolute Gasteiger partial charge is 0.309 e. The summed E-state index contributed by atoms with van der Waals surface area (Å²) in [6.07, 6.45) is 1.30. The molecule has 1 aromatic rings. The summed E-state index contributed by atoms with van der Waals surface area (Å²) in [5.74, 6) is -0.750. The Bertz CT molecular complexity index is 583. The first-order valence-corrected chi connectivity index (χ1v) is 7.82. The van der Waals surface area contributed by atoms with Crippen LogP contribution in [0, 0.1) is 5.92 Å². The first-order valence-electron chi connectivity index (χ1n) is 6.38.